The van der Waals surface area contributed by atoms with Gasteiger partial charge in [-0.15, -0.1) is 0 Å². The molecule has 1 saturated heterocycles. The fraction of sp³-hybridized carbons (Fsp3) is 0.435. The fourth-order valence-corrected chi connectivity index (χ4v) is 4.46. The smallest absolute Gasteiger partial charge is 0.304 e. The molecule has 1 aliphatic rings. The maximum atomic E-state index is 11.1. The molecule has 2 N–H and O–H groups in total. The number of phenols is 1. The first-order valence-electron chi connectivity index (χ1n) is 9.69. The molecule has 4 nitrogen and oxygen atoms in total. The molecule has 0 aromatic heterocycles. The average molecular weight is 367 g/mol. The van der Waals surface area contributed by atoms with Crippen molar-refractivity contribution >= 4 is 5.97 Å². The van der Waals surface area contributed by atoms with Gasteiger partial charge in [0.05, 0.1) is 6.42 Å². The highest BCUT2D eigenvalue weighted by Crippen LogP contribution is 2.44. The number of benzene rings is 2. The summed E-state index contributed by atoms with van der Waals surface area (Å²) in [5.74, 6) is -0.127. The Morgan fingerprint density at radius 2 is 1.93 bits per heavy atom. The van der Waals surface area contributed by atoms with Crippen LogP contribution in [0.15, 0.2) is 54.6 Å². The maximum Gasteiger partial charge on any atom is 0.304 e. The highest BCUT2D eigenvalue weighted by atomic mass is 16.4. The zero-order chi connectivity index (χ0) is 19.4. The molecule has 2 aromatic rings. The van der Waals surface area contributed by atoms with E-state index >= 15 is 0 Å². The van der Waals surface area contributed by atoms with Gasteiger partial charge in [-0.05, 0) is 54.0 Å². The third kappa shape index (κ3) is 4.33. The van der Waals surface area contributed by atoms with E-state index in [9.17, 15) is 9.90 Å². The highest BCUT2D eigenvalue weighted by molar-refractivity contribution is 5.66. The maximum absolute atomic E-state index is 11.1. The second kappa shape index (κ2) is 8.13. The van der Waals surface area contributed by atoms with Gasteiger partial charge in [-0.25, -0.2) is 0 Å². The standard InChI is InChI=1S/C23H29NO3/c1-17-21(15-18-7-4-3-5-8-18)24(13-11-22(26)27)14-12-23(17,2)19-9-6-10-20(25)16-19/h3-10,16-17,21,25H,11-15H2,1-2H3,(H,26,27)/t17-,21+,23-/m0/s1. The van der Waals surface area contributed by atoms with Gasteiger partial charge in [0.2, 0.25) is 0 Å². The van der Waals surface area contributed by atoms with Crippen LogP contribution >= 0.6 is 0 Å². The third-order valence-electron chi connectivity index (χ3n) is 6.38. The molecule has 4 heteroatoms. The van der Waals surface area contributed by atoms with Crippen molar-refractivity contribution in [2.24, 2.45) is 5.92 Å². The molecule has 0 radical (unpaired) electrons. The largest absolute Gasteiger partial charge is 0.508 e. The van der Waals surface area contributed by atoms with Crippen LogP contribution in [0.3, 0.4) is 0 Å². The molecule has 1 heterocycles. The van der Waals surface area contributed by atoms with Gasteiger partial charge >= 0.3 is 5.97 Å². The number of hydrogen-bond acceptors (Lipinski definition) is 3. The zero-order valence-electron chi connectivity index (χ0n) is 16.1. The van der Waals surface area contributed by atoms with Gasteiger partial charge in [0, 0.05) is 12.6 Å². The summed E-state index contributed by atoms with van der Waals surface area (Å²) in [6.07, 6.45) is 2.01. The number of carbonyl (C=O) groups is 1. The molecular weight excluding hydrogens is 338 g/mol. The van der Waals surface area contributed by atoms with E-state index in [4.69, 9.17) is 5.11 Å². The van der Waals surface area contributed by atoms with E-state index in [1.807, 2.05) is 18.2 Å². The second-order valence-corrected chi connectivity index (χ2v) is 7.94. The molecule has 27 heavy (non-hydrogen) atoms. The van der Waals surface area contributed by atoms with Crippen LogP contribution in [-0.2, 0) is 16.6 Å². The summed E-state index contributed by atoms with van der Waals surface area (Å²) in [4.78, 5) is 13.5. The first-order valence-corrected chi connectivity index (χ1v) is 9.69. The van der Waals surface area contributed by atoms with E-state index in [1.54, 1.807) is 6.07 Å². The molecule has 144 valence electrons. The molecule has 0 saturated carbocycles. The van der Waals surface area contributed by atoms with Crippen molar-refractivity contribution in [1.29, 1.82) is 0 Å². The van der Waals surface area contributed by atoms with Gasteiger partial charge in [-0.3, -0.25) is 9.69 Å². The fourth-order valence-electron chi connectivity index (χ4n) is 4.46. The lowest BCUT2D eigenvalue weighted by Crippen LogP contribution is -2.55. The predicted molar refractivity (Wildman–Crippen MR) is 107 cm³/mol. The normalized spacial score (nSPS) is 26.0. The van der Waals surface area contributed by atoms with Gasteiger partial charge < -0.3 is 10.2 Å². The van der Waals surface area contributed by atoms with Crippen molar-refractivity contribution in [3.05, 3.63) is 65.7 Å². The van der Waals surface area contributed by atoms with Crippen molar-refractivity contribution in [2.45, 2.75) is 44.6 Å². The highest BCUT2D eigenvalue weighted by Gasteiger charge is 2.44. The Balaban J connectivity index is 1.89. The molecule has 0 spiro atoms. The minimum atomic E-state index is -0.748. The lowest BCUT2D eigenvalue weighted by Gasteiger charge is -2.51. The number of aromatic hydroxyl groups is 1. The van der Waals surface area contributed by atoms with Crippen LogP contribution in [0.4, 0.5) is 0 Å². The molecule has 3 atom stereocenters. The number of nitrogens with zero attached hydrogens (tertiary/aromatic N) is 1. The number of piperidine rings is 1. The van der Waals surface area contributed by atoms with Crippen LogP contribution in [0.1, 0.15) is 37.8 Å². The SMILES string of the molecule is C[C@H]1[C@@H](Cc2ccccc2)N(CCC(=O)O)CC[C@]1(C)c1cccc(O)c1. The first-order chi connectivity index (χ1) is 12.9. The van der Waals surface area contributed by atoms with Crippen LogP contribution in [0.25, 0.3) is 0 Å². The molecular formula is C23H29NO3. The van der Waals surface area contributed by atoms with Crippen LogP contribution in [0.5, 0.6) is 5.75 Å². The quantitative estimate of drug-likeness (QED) is 0.808. The van der Waals surface area contributed by atoms with E-state index in [1.165, 1.54) is 5.56 Å². The third-order valence-corrected chi connectivity index (χ3v) is 6.38. The Kier molecular flexibility index (Phi) is 5.85. The number of phenolic OH excluding ortho intramolecular Hbond substituents is 1. The summed E-state index contributed by atoms with van der Waals surface area (Å²) in [6, 6.07) is 18.3. The lowest BCUT2D eigenvalue weighted by molar-refractivity contribution is -0.137. The first kappa shape index (κ1) is 19.4. The number of rotatable bonds is 6. The minimum absolute atomic E-state index is 0.0576. The Morgan fingerprint density at radius 1 is 1.19 bits per heavy atom. The molecule has 0 unspecified atom stereocenters. The summed E-state index contributed by atoms with van der Waals surface area (Å²) in [7, 11) is 0. The number of aliphatic carboxylic acids is 1. The molecule has 0 bridgehead atoms. The second-order valence-electron chi connectivity index (χ2n) is 7.94. The molecule has 1 aliphatic heterocycles. The summed E-state index contributed by atoms with van der Waals surface area (Å²) < 4.78 is 0. The van der Waals surface area contributed by atoms with Crippen LogP contribution in [0, 0.1) is 5.92 Å². The number of carboxylic acids is 1. The van der Waals surface area contributed by atoms with Crippen LogP contribution in [0.2, 0.25) is 0 Å². The monoisotopic (exact) mass is 367 g/mol. The molecule has 1 fully saturated rings. The molecule has 2 aromatic carbocycles. The summed E-state index contributed by atoms with van der Waals surface area (Å²) in [6.45, 7) is 5.98. The topological polar surface area (TPSA) is 60.8 Å². The lowest BCUT2D eigenvalue weighted by atomic mass is 9.64. The Labute approximate surface area is 161 Å². The average Bonchev–Trinajstić information content (AvgIpc) is 2.65. The van der Waals surface area contributed by atoms with Crippen molar-refractivity contribution in [3.8, 4) is 5.75 Å². The Hall–Kier alpha value is -2.33. The summed E-state index contributed by atoms with van der Waals surface area (Å²) in [5, 5.41) is 19.1. The number of carboxylic acid groups (broad SMARTS) is 1. The predicted octanol–water partition coefficient (Wildman–Crippen LogP) is 4.08. The van der Waals surface area contributed by atoms with E-state index in [-0.39, 0.29) is 17.9 Å². The van der Waals surface area contributed by atoms with Crippen LogP contribution in [-0.4, -0.2) is 40.2 Å². The summed E-state index contributed by atoms with van der Waals surface area (Å²) in [5.41, 5.74) is 2.37. The number of likely N-dealkylation sites (tertiary alicyclic amines) is 1. The summed E-state index contributed by atoms with van der Waals surface area (Å²) >= 11 is 0. The van der Waals surface area contributed by atoms with Crippen molar-refractivity contribution < 1.29 is 15.0 Å². The zero-order valence-corrected chi connectivity index (χ0v) is 16.1. The van der Waals surface area contributed by atoms with E-state index in [0.29, 0.717) is 18.2 Å². The Bertz CT molecular complexity index is 776. The molecule has 0 amide bonds. The van der Waals surface area contributed by atoms with Crippen molar-refractivity contribution in [3.63, 3.8) is 0 Å². The van der Waals surface area contributed by atoms with Crippen molar-refractivity contribution in [1.82, 2.24) is 4.90 Å². The van der Waals surface area contributed by atoms with Gasteiger partial charge in [-0.1, -0.05) is 56.3 Å². The van der Waals surface area contributed by atoms with Gasteiger partial charge in [0.15, 0.2) is 0 Å². The van der Waals surface area contributed by atoms with E-state index in [2.05, 4.69) is 49.1 Å². The van der Waals surface area contributed by atoms with E-state index < -0.39 is 5.97 Å². The van der Waals surface area contributed by atoms with Crippen LogP contribution < -0.4 is 0 Å². The number of hydrogen-bond donors (Lipinski definition) is 2. The molecule has 3 rings (SSSR count). The van der Waals surface area contributed by atoms with Crippen molar-refractivity contribution in [2.75, 3.05) is 13.1 Å². The van der Waals surface area contributed by atoms with Gasteiger partial charge in [0.25, 0.3) is 0 Å². The minimum Gasteiger partial charge on any atom is -0.508 e. The van der Waals surface area contributed by atoms with Gasteiger partial charge in [0.1, 0.15) is 5.75 Å². The Morgan fingerprint density at radius 3 is 2.59 bits per heavy atom. The van der Waals surface area contributed by atoms with Gasteiger partial charge in [-0.2, -0.15) is 0 Å². The van der Waals surface area contributed by atoms with E-state index in [0.717, 1.165) is 24.9 Å². The molecule has 0 aliphatic carbocycles.